The van der Waals surface area contributed by atoms with Gasteiger partial charge in [0.05, 0.1) is 21.4 Å². The average molecular weight is 748 g/mol. The number of carbonyl (C=O) groups excluding carboxylic acids is 2. The van der Waals surface area contributed by atoms with E-state index in [1.807, 2.05) is 45.2 Å². The highest BCUT2D eigenvalue weighted by atomic mass is 127. The second-order valence-corrected chi connectivity index (χ2v) is 9.84. The summed E-state index contributed by atoms with van der Waals surface area (Å²) >= 11 is 6.10. The van der Waals surface area contributed by atoms with Gasteiger partial charge in [-0.25, -0.2) is 0 Å². The minimum atomic E-state index is -1.77. The lowest BCUT2D eigenvalue weighted by molar-refractivity contribution is -0.117. The van der Waals surface area contributed by atoms with Crippen molar-refractivity contribution in [2.24, 2.45) is 0 Å². The lowest BCUT2D eigenvalue weighted by Gasteiger charge is -2.29. The van der Waals surface area contributed by atoms with Gasteiger partial charge in [0.1, 0.15) is 24.4 Å². The fourth-order valence-corrected chi connectivity index (χ4v) is 7.02. The van der Waals surface area contributed by atoms with Gasteiger partial charge in [0.15, 0.2) is 0 Å². The molecular formula is C17H23I3N2O7. The normalized spacial score (nSPS) is 15.4. The van der Waals surface area contributed by atoms with Crippen LogP contribution in [0, 0.1) is 10.7 Å². The highest BCUT2D eigenvalue weighted by molar-refractivity contribution is 14.1. The summed E-state index contributed by atoms with van der Waals surface area (Å²) in [7, 11) is 3.03. The molecule has 0 fully saturated rings. The van der Waals surface area contributed by atoms with E-state index in [-0.39, 0.29) is 12.5 Å². The lowest BCUT2D eigenvalue weighted by atomic mass is 10.0. The maximum Gasteiger partial charge on any atom is 0.255 e. The lowest BCUT2D eigenvalue weighted by Crippen LogP contribution is -2.50. The molecule has 1 aromatic rings. The second-order valence-electron chi connectivity index (χ2n) is 6.44. The molecule has 5 N–H and O–H groups in total. The first kappa shape index (κ1) is 27.2. The molecule has 0 saturated heterocycles. The summed E-state index contributed by atoms with van der Waals surface area (Å²) in [6, 6.07) is 1.77. The van der Waals surface area contributed by atoms with Crippen LogP contribution in [0.2, 0.25) is 0 Å². The molecule has 2 amide bonds. The summed E-state index contributed by atoms with van der Waals surface area (Å²) < 4.78 is 2.02. The molecule has 0 spiro atoms. The Morgan fingerprint density at radius 1 is 1.00 bits per heavy atom. The Morgan fingerprint density at radius 2 is 1.52 bits per heavy atom. The Labute approximate surface area is 209 Å². The molecule has 4 atom stereocenters. The summed E-state index contributed by atoms with van der Waals surface area (Å²) in [6.07, 6.45) is -6.71. The van der Waals surface area contributed by atoms with Crippen LogP contribution in [0.5, 0.6) is 0 Å². The number of nitrogens with zero attached hydrogens (tertiary/aromatic N) is 2. The molecule has 29 heavy (non-hydrogen) atoms. The zero-order chi connectivity index (χ0) is 22.6. The molecule has 12 heteroatoms. The quantitative estimate of drug-likeness (QED) is 0.236. The van der Waals surface area contributed by atoms with Crippen molar-refractivity contribution in [3.05, 3.63) is 22.3 Å². The average Bonchev–Trinajstić information content (AvgIpc) is 2.64. The number of hydrogen-bond acceptors (Lipinski definition) is 7. The van der Waals surface area contributed by atoms with E-state index >= 15 is 0 Å². The number of carbonyl (C=O) groups is 2. The van der Waals surface area contributed by atoms with Crippen LogP contribution in [-0.2, 0) is 4.79 Å². The van der Waals surface area contributed by atoms with Gasteiger partial charge in [-0.05, 0) is 73.8 Å². The topological polar surface area (TPSA) is 142 Å². The number of amides is 2. The molecule has 0 aliphatic rings. The minimum absolute atomic E-state index is 0.191. The van der Waals surface area contributed by atoms with Crippen LogP contribution in [0.1, 0.15) is 17.3 Å². The van der Waals surface area contributed by atoms with Gasteiger partial charge >= 0.3 is 0 Å². The number of benzene rings is 1. The molecular weight excluding hydrogens is 725 g/mol. The Morgan fingerprint density at radius 3 is 2.00 bits per heavy atom. The van der Waals surface area contributed by atoms with E-state index in [1.165, 1.54) is 23.8 Å². The first-order valence-corrected chi connectivity index (χ1v) is 11.6. The van der Waals surface area contributed by atoms with E-state index in [0.717, 1.165) is 3.57 Å². The fourth-order valence-electron chi connectivity index (χ4n) is 2.47. The van der Waals surface area contributed by atoms with E-state index in [1.54, 1.807) is 13.1 Å². The number of aliphatic hydroxyl groups excluding tert-OH is 5. The number of likely N-dealkylation sites (N-methyl/N-ethyl adjacent to an activating group) is 1. The molecule has 164 valence electrons. The van der Waals surface area contributed by atoms with Crippen molar-refractivity contribution >= 4 is 85.3 Å². The van der Waals surface area contributed by atoms with Crippen LogP contribution in [0.25, 0.3) is 0 Å². The zero-order valence-corrected chi connectivity index (χ0v) is 22.4. The first-order chi connectivity index (χ1) is 13.3. The Bertz CT molecular complexity index is 765. The molecule has 0 unspecified atom stereocenters. The van der Waals surface area contributed by atoms with Crippen molar-refractivity contribution in [1.29, 1.82) is 0 Å². The zero-order valence-electron chi connectivity index (χ0n) is 15.9. The third-order valence-corrected chi connectivity index (χ3v) is 7.02. The predicted octanol–water partition coefficient (Wildman–Crippen LogP) is -0.00900. The van der Waals surface area contributed by atoms with Gasteiger partial charge in [0.2, 0.25) is 5.91 Å². The number of rotatable bonds is 8. The summed E-state index contributed by atoms with van der Waals surface area (Å²) in [6.45, 7) is 0.304. The van der Waals surface area contributed by atoms with Crippen molar-refractivity contribution in [2.45, 2.75) is 31.3 Å². The number of hydrogen-bond donors (Lipinski definition) is 5. The van der Waals surface area contributed by atoms with Crippen LogP contribution in [-0.4, -0.2) is 93.9 Å². The van der Waals surface area contributed by atoms with Gasteiger partial charge in [-0.15, -0.1) is 0 Å². The van der Waals surface area contributed by atoms with Crippen LogP contribution in [0.3, 0.4) is 0 Å². The first-order valence-electron chi connectivity index (χ1n) is 8.35. The van der Waals surface area contributed by atoms with Gasteiger partial charge in [-0.2, -0.15) is 0 Å². The molecule has 0 saturated carbocycles. The van der Waals surface area contributed by atoms with Gasteiger partial charge < -0.3 is 35.3 Å². The van der Waals surface area contributed by atoms with Crippen molar-refractivity contribution in [3.8, 4) is 0 Å². The molecule has 9 nitrogen and oxygen atoms in total. The van der Waals surface area contributed by atoms with Gasteiger partial charge in [-0.3, -0.25) is 9.59 Å². The summed E-state index contributed by atoms with van der Waals surface area (Å²) in [4.78, 5) is 27.5. The van der Waals surface area contributed by atoms with Crippen molar-refractivity contribution in [1.82, 2.24) is 4.90 Å². The largest absolute Gasteiger partial charge is 0.394 e. The van der Waals surface area contributed by atoms with E-state index in [2.05, 4.69) is 22.6 Å². The molecule has 0 bridgehead atoms. The van der Waals surface area contributed by atoms with Gasteiger partial charge in [0.25, 0.3) is 5.91 Å². The maximum atomic E-state index is 13.0. The second kappa shape index (κ2) is 11.7. The van der Waals surface area contributed by atoms with E-state index < -0.39 is 36.9 Å². The molecule has 0 aliphatic carbocycles. The molecule has 0 heterocycles. The Kier molecular flexibility index (Phi) is 10.9. The van der Waals surface area contributed by atoms with Crippen molar-refractivity contribution in [3.63, 3.8) is 0 Å². The molecule has 1 aromatic carbocycles. The van der Waals surface area contributed by atoms with Gasteiger partial charge in [0, 0.05) is 34.7 Å². The highest BCUT2D eigenvalue weighted by Gasteiger charge is 2.32. The number of anilines is 1. The third-order valence-electron chi connectivity index (χ3n) is 4.30. The third kappa shape index (κ3) is 6.56. The summed E-state index contributed by atoms with van der Waals surface area (Å²) in [5, 5.41) is 48.1. The number of aliphatic hydroxyl groups is 5. The highest BCUT2D eigenvalue weighted by Crippen LogP contribution is 2.34. The standard InChI is InChI=1S/C17H23I3N2O7/c1-7(24)22(3)14-9(19)4-8(18)12(13(14)20)17(29)21(2)5-10(25)15(27)16(28)11(26)6-23/h4,10-11,15-16,23,25-28H,5-6H2,1-3H3/t10-,11+,15+,16+/m0/s1. The SMILES string of the molecule is CC(=O)N(C)c1c(I)cc(I)c(C(=O)N(C)C[C@H](O)[C@@H](O)[C@H](O)[C@H](O)CO)c1I. The minimum Gasteiger partial charge on any atom is -0.394 e. The van der Waals surface area contributed by atoms with Crippen LogP contribution in [0.15, 0.2) is 6.07 Å². The summed E-state index contributed by atoms with van der Waals surface area (Å²) in [5.74, 6) is -0.638. The monoisotopic (exact) mass is 748 g/mol. The summed E-state index contributed by atoms with van der Waals surface area (Å²) in [5.41, 5.74) is 0.938. The molecule has 0 aromatic heterocycles. The van der Waals surface area contributed by atoms with E-state index in [4.69, 9.17) is 5.11 Å². The smallest absolute Gasteiger partial charge is 0.255 e. The van der Waals surface area contributed by atoms with Crippen LogP contribution >= 0.6 is 67.8 Å². The molecule has 0 aliphatic heterocycles. The van der Waals surface area contributed by atoms with Crippen molar-refractivity contribution in [2.75, 3.05) is 32.1 Å². The maximum absolute atomic E-state index is 13.0. The van der Waals surface area contributed by atoms with Crippen LogP contribution in [0.4, 0.5) is 5.69 Å². The number of halogens is 3. The molecule has 1 rings (SSSR count). The Hall–Kier alpha value is 0.150. The molecule has 0 radical (unpaired) electrons. The predicted molar refractivity (Wildman–Crippen MR) is 132 cm³/mol. The van der Waals surface area contributed by atoms with Crippen molar-refractivity contribution < 1.29 is 35.1 Å². The van der Waals surface area contributed by atoms with E-state index in [9.17, 15) is 30.0 Å². The Balaban J connectivity index is 3.15. The van der Waals surface area contributed by atoms with E-state index in [0.29, 0.717) is 18.4 Å². The van der Waals surface area contributed by atoms with Crippen LogP contribution < -0.4 is 4.90 Å². The fraction of sp³-hybridized carbons (Fsp3) is 0.529. The van der Waals surface area contributed by atoms with Gasteiger partial charge in [-0.1, -0.05) is 0 Å².